The maximum Gasteiger partial charge on any atom is 0.407 e. The van der Waals surface area contributed by atoms with E-state index in [2.05, 4.69) is 86.2 Å². The van der Waals surface area contributed by atoms with Gasteiger partial charge in [-0.2, -0.15) is 0 Å². The summed E-state index contributed by atoms with van der Waals surface area (Å²) in [5.74, 6) is 0.884. The number of H-pyrrole nitrogens is 2. The number of hydrogen-bond acceptors (Lipinski definition) is 9. The number of methoxy groups -OCH3 is 2. The van der Waals surface area contributed by atoms with Crippen LogP contribution in [-0.4, -0.2) is 92.1 Å². The van der Waals surface area contributed by atoms with Crippen molar-refractivity contribution in [3.05, 3.63) is 115 Å². The number of nitrogens with one attached hydrogen (secondary N) is 4. The van der Waals surface area contributed by atoms with Crippen LogP contribution in [0.15, 0.2) is 97.5 Å². The van der Waals surface area contributed by atoms with E-state index < -0.39 is 24.3 Å². The molecule has 2 saturated heterocycles. The number of ether oxygens (including phenoxy) is 2. The largest absolute Gasteiger partial charge is 0.453 e. The monoisotopic (exact) mass is 823 g/mol. The van der Waals surface area contributed by atoms with Gasteiger partial charge in [-0.05, 0) is 83.3 Å². The summed E-state index contributed by atoms with van der Waals surface area (Å²) in [6.07, 6.45) is 7.02. The number of aromatic amines is 2. The van der Waals surface area contributed by atoms with Crippen LogP contribution in [0, 0.1) is 5.92 Å². The highest BCUT2D eigenvalue weighted by Gasteiger charge is 2.39. The van der Waals surface area contributed by atoms with Gasteiger partial charge in [-0.3, -0.25) is 14.6 Å². The minimum absolute atomic E-state index is 0.109. The SMILES string of the molecule is COC(=O)N[C@H](C(=O)N1CCC[C@H]1c1ncc(-c2ccc(-c3ccc4cc(-c5cnc([C@@H]6CCCN6C(=O)[C@@H](NC(=O)OC)C(C)C)[nH]5)ccc4c3)cc2)[nH]1)c1ccccn1. The van der Waals surface area contributed by atoms with Crippen molar-refractivity contribution in [3.63, 3.8) is 0 Å². The van der Waals surface area contributed by atoms with E-state index in [4.69, 9.17) is 19.4 Å². The van der Waals surface area contributed by atoms with E-state index in [1.165, 1.54) is 14.2 Å². The molecule has 5 heterocycles. The molecule has 4 amide bonds. The van der Waals surface area contributed by atoms with Crippen LogP contribution >= 0.6 is 0 Å². The summed E-state index contributed by atoms with van der Waals surface area (Å²) in [6.45, 7) is 4.92. The second-order valence-corrected chi connectivity index (χ2v) is 15.8. The van der Waals surface area contributed by atoms with Crippen molar-refractivity contribution in [2.45, 2.75) is 63.7 Å². The molecule has 8 rings (SSSR count). The summed E-state index contributed by atoms with van der Waals surface area (Å²) in [5.41, 5.74) is 6.23. The van der Waals surface area contributed by atoms with E-state index in [0.717, 1.165) is 75.9 Å². The zero-order valence-corrected chi connectivity index (χ0v) is 34.6. The predicted molar refractivity (Wildman–Crippen MR) is 229 cm³/mol. The lowest BCUT2D eigenvalue weighted by atomic mass is 9.98. The number of benzene rings is 3. The van der Waals surface area contributed by atoms with Crippen molar-refractivity contribution in [1.29, 1.82) is 0 Å². The molecular formula is C46H49N9O6. The van der Waals surface area contributed by atoms with Crippen LogP contribution in [0.5, 0.6) is 0 Å². The Labute approximate surface area is 353 Å². The van der Waals surface area contributed by atoms with E-state index in [0.29, 0.717) is 24.6 Å². The fourth-order valence-corrected chi connectivity index (χ4v) is 8.40. The number of hydrogen-bond donors (Lipinski definition) is 4. The Morgan fingerprint density at radius 1 is 0.656 bits per heavy atom. The summed E-state index contributed by atoms with van der Waals surface area (Å²) < 4.78 is 9.57. The molecule has 4 atom stereocenters. The maximum absolute atomic E-state index is 13.9. The number of rotatable bonds is 11. The molecule has 4 N–H and O–H groups in total. The molecule has 0 spiro atoms. The van der Waals surface area contributed by atoms with Crippen LogP contribution in [0.1, 0.15) is 75.0 Å². The molecule has 2 fully saturated rings. The van der Waals surface area contributed by atoms with E-state index in [1.807, 2.05) is 24.9 Å². The molecule has 3 aromatic heterocycles. The first kappa shape index (κ1) is 40.7. The second-order valence-electron chi connectivity index (χ2n) is 15.8. The van der Waals surface area contributed by atoms with Crippen molar-refractivity contribution < 1.29 is 28.7 Å². The fraction of sp³-hybridized carbons (Fsp3) is 0.326. The van der Waals surface area contributed by atoms with Crippen molar-refractivity contribution in [3.8, 4) is 33.6 Å². The Balaban J connectivity index is 0.942. The van der Waals surface area contributed by atoms with Crippen molar-refractivity contribution in [2.24, 2.45) is 5.92 Å². The first-order chi connectivity index (χ1) is 29.6. The summed E-state index contributed by atoms with van der Waals surface area (Å²) in [4.78, 5) is 75.9. The van der Waals surface area contributed by atoms with E-state index in [9.17, 15) is 19.2 Å². The van der Waals surface area contributed by atoms with Gasteiger partial charge >= 0.3 is 12.2 Å². The number of carbonyl (C=O) groups is 4. The van der Waals surface area contributed by atoms with Crippen LogP contribution in [-0.2, 0) is 19.1 Å². The van der Waals surface area contributed by atoms with Crippen molar-refractivity contribution >= 4 is 34.8 Å². The predicted octanol–water partition coefficient (Wildman–Crippen LogP) is 7.49. The standard InChI is InChI=1S/C46H49N9O6/c1-27(2)39(52-45(58)60-3)43(56)54-21-7-10-37(54)42-49-26-36(51-42)33-19-18-31-23-30(16-17-32(31)24-33)28-12-14-29(15-13-28)35-25-48-41(50-35)38-11-8-22-55(38)44(57)40(53-46(59)61-4)34-9-5-6-20-47-34/h5-6,9,12-20,23-27,37-40H,7-8,10-11,21-22H2,1-4H3,(H,48,50)(H,49,51)(H,52,58)(H,53,59)/t37-,38-,39-,40-/m0/s1. The molecule has 314 valence electrons. The third-order valence-electron chi connectivity index (χ3n) is 11.6. The van der Waals surface area contributed by atoms with Crippen molar-refractivity contribution in [2.75, 3.05) is 27.3 Å². The van der Waals surface area contributed by atoms with Crippen LogP contribution in [0.2, 0.25) is 0 Å². The molecule has 2 aliphatic heterocycles. The summed E-state index contributed by atoms with van der Waals surface area (Å²) in [6, 6.07) is 24.1. The lowest BCUT2D eigenvalue weighted by Crippen LogP contribution is -2.51. The van der Waals surface area contributed by atoms with Crippen molar-refractivity contribution in [1.82, 2.24) is 45.4 Å². The molecule has 2 aliphatic rings. The molecule has 0 unspecified atom stereocenters. The first-order valence-corrected chi connectivity index (χ1v) is 20.6. The van der Waals surface area contributed by atoms with Gasteiger partial charge in [-0.1, -0.05) is 68.4 Å². The number of carbonyl (C=O) groups excluding carboxylic acids is 4. The highest BCUT2D eigenvalue weighted by atomic mass is 16.5. The van der Waals surface area contributed by atoms with Gasteiger partial charge in [0.1, 0.15) is 17.7 Å². The van der Waals surface area contributed by atoms with Crippen LogP contribution in [0.4, 0.5) is 9.59 Å². The van der Waals surface area contributed by atoms with E-state index in [1.54, 1.807) is 35.5 Å². The zero-order chi connectivity index (χ0) is 42.6. The molecular weight excluding hydrogens is 775 g/mol. The molecule has 6 aromatic rings. The molecule has 0 bridgehead atoms. The van der Waals surface area contributed by atoms with Gasteiger partial charge in [0, 0.05) is 24.8 Å². The minimum atomic E-state index is -0.991. The average Bonchev–Trinajstić information content (AvgIpc) is 4.14. The highest BCUT2D eigenvalue weighted by molar-refractivity contribution is 5.91. The number of nitrogens with zero attached hydrogens (tertiary/aromatic N) is 5. The number of pyridine rings is 1. The number of aromatic nitrogens is 5. The molecule has 0 radical (unpaired) electrons. The quantitative estimate of drug-likeness (QED) is 0.103. The number of amides is 4. The number of fused-ring (bicyclic) bond motifs is 1. The Kier molecular flexibility index (Phi) is 11.8. The Hall–Kier alpha value is -7.03. The lowest BCUT2D eigenvalue weighted by Gasteiger charge is -2.30. The Morgan fingerprint density at radius 2 is 1.20 bits per heavy atom. The Morgan fingerprint density at radius 3 is 1.79 bits per heavy atom. The van der Waals surface area contributed by atoms with Crippen LogP contribution < -0.4 is 10.6 Å². The van der Waals surface area contributed by atoms with Crippen LogP contribution in [0.3, 0.4) is 0 Å². The van der Waals surface area contributed by atoms with Gasteiger partial charge in [0.15, 0.2) is 6.04 Å². The number of imidazole rings is 2. The third kappa shape index (κ3) is 8.54. The summed E-state index contributed by atoms with van der Waals surface area (Å²) in [5, 5.41) is 7.53. The summed E-state index contributed by atoms with van der Waals surface area (Å²) in [7, 11) is 2.55. The number of likely N-dealkylation sites (tertiary alicyclic amines) is 2. The fourth-order valence-electron chi connectivity index (χ4n) is 8.40. The summed E-state index contributed by atoms with van der Waals surface area (Å²) >= 11 is 0. The highest BCUT2D eigenvalue weighted by Crippen LogP contribution is 2.36. The molecule has 0 aliphatic carbocycles. The molecule has 3 aromatic carbocycles. The van der Waals surface area contributed by atoms with E-state index in [-0.39, 0.29) is 29.8 Å². The number of alkyl carbamates (subject to hydrolysis) is 2. The van der Waals surface area contributed by atoms with Gasteiger partial charge in [0.05, 0.1) is 55.8 Å². The smallest absolute Gasteiger partial charge is 0.407 e. The third-order valence-corrected chi connectivity index (χ3v) is 11.6. The van der Waals surface area contributed by atoms with Crippen LogP contribution in [0.25, 0.3) is 44.4 Å². The maximum atomic E-state index is 13.9. The first-order valence-electron chi connectivity index (χ1n) is 20.6. The average molecular weight is 824 g/mol. The Bertz CT molecular complexity index is 2540. The van der Waals surface area contributed by atoms with Gasteiger partial charge in [-0.25, -0.2) is 19.6 Å². The normalized spacial score (nSPS) is 17.3. The molecule has 61 heavy (non-hydrogen) atoms. The lowest BCUT2D eigenvalue weighted by molar-refractivity contribution is -0.136. The van der Waals surface area contributed by atoms with Gasteiger partial charge < -0.3 is 39.9 Å². The second kappa shape index (κ2) is 17.7. The van der Waals surface area contributed by atoms with Gasteiger partial charge in [0.2, 0.25) is 5.91 Å². The molecule has 0 saturated carbocycles. The topological polar surface area (TPSA) is 188 Å². The van der Waals surface area contributed by atoms with Gasteiger partial charge in [0.25, 0.3) is 5.91 Å². The molecule has 15 nitrogen and oxygen atoms in total. The minimum Gasteiger partial charge on any atom is -0.453 e. The zero-order valence-electron chi connectivity index (χ0n) is 34.6. The molecule has 15 heteroatoms. The van der Waals surface area contributed by atoms with E-state index >= 15 is 0 Å². The van der Waals surface area contributed by atoms with Gasteiger partial charge in [-0.15, -0.1) is 0 Å².